The molecule has 0 spiro atoms. The predicted molar refractivity (Wildman–Crippen MR) is 137 cm³/mol. The van der Waals surface area contributed by atoms with Gasteiger partial charge in [-0.25, -0.2) is 14.5 Å². The van der Waals surface area contributed by atoms with E-state index in [1.54, 1.807) is 11.8 Å². The number of hydrogen-bond acceptors (Lipinski definition) is 6. The van der Waals surface area contributed by atoms with Gasteiger partial charge in [0.1, 0.15) is 11.4 Å². The van der Waals surface area contributed by atoms with E-state index in [-0.39, 0.29) is 5.56 Å². The van der Waals surface area contributed by atoms with Gasteiger partial charge in [-0.2, -0.15) is 10.1 Å². The minimum absolute atomic E-state index is 0.150. The second-order valence-corrected chi connectivity index (χ2v) is 8.54. The molecule has 3 heterocycles. The Bertz CT molecular complexity index is 1490. The van der Waals surface area contributed by atoms with Crippen LogP contribution in [0.3, 0.4) is 0 Å². The summed E-state index contributed by atoms with van der Waals surface area (Å²) in [4.78, 5) is 22.8. The van der Waals surface area contributed by atoms with Crippen LogP contribution in [0.2, 0.25) is 0 Å². The van der Waals surface area contributed by atoms with E-state index in [2.05, 4.69) is 27.1 Å². The largest absolute Gasteiger partial charge is 0.497 e. The molecule has 3 aromatic heterocycles. The van der Waals surface area contributed by atoms with Crippen LogP contribution >= 0.6 is 0 Å². The number of aromatic carboxylic acids is 1. The summed E-state index contributed by atoms with van der Waals surface area (Å²) in [5, 5.41) is 14.3. The van der Waals surface area contributed by atoms with Gasteiger partial charge in [-0.3, -0.25) is 0 Å². The van der Waals surface area contributed by atoms with Crippen LogP contribution in [-0.4, -0.2) is 49.0 Å². The number of rotatable bonds is 9. The van der Waals surface area contributed by atoms with Crippen LogP contribution in [0.1, 0.15) is 21.5 Å². The van der Waals surface area contributed by atoms with Crippen molar-refractivity contribution in [2.24, 2.45) is 7.05 Å². The Morgan fingerprint density at radius 2 is 1.78 bits per heavy atom. The van der Waals surface area contributed by atoms with E-state index in [9.17, 15) is 4.79 Å². The molecule has 0 bridgehead atoms. The van der Waals surface area contributed by atoms with E-state index < -0.39 is 5.97 Å². The zero-order valence-corrected chi connectivity index (χ0v) is 20.1. The van der Waals surface area contributed by atoms with Crippen LogP contribution in [-0.2, 0) is 20.0 Å². The summed E-state index contributed by atoms with van der Waals surface area (Å²) in [6.45, 7) is 1.34. The van der Waals surface area contributed by atoms with Gasteiger partial charge in [0.15, 0.2) is 0 Å². The fourth-order valence-electron chi connectivity index (χ4n) is 4.04. The molecule has 0 unspecified atom stereocenters. The molecule has 2 aromatic carbocycles. The van der Waals surface area contributed by atoms with Gasteiger partial charge >= 0.3 is 5.97 Å². The fourth-order valence-corrected chi connectivity index (χ4v) is 4.04. The number of anilines is 1. The number of benzene rings is 2. The van der Waals surface area contributed by atoms with Gasteiger partial charge < -0.3 is 19.3 Å². The SMILES string of the molecule is COc1ccc(CCN(Cc2ccc(-n3cc(C(=O)O)cn3)cc2)c2ncc3ccn(C)c3n2)cc1. The molecule has 5 aromatic rings. The molecule has 0 saturated carbocycles. The van der Waals surface area contributed by atoms with Gasteiger partial charge in [-0.1, -0.05) is 24.3 Å². The molecule has 9 nitrogen and oxygen atoms in total. The minimum atomic E-state index is -0.999. The van der Waals surface area contributed by atoms with Crippen molar-refractivity contribution in [3.63, 3.8) is 0 Å². The Labute approximate surface area is 208 Å². The molecule has 9 heteroatoms. The molecule has 0 amide bonds. The van der Waals surface area contributed by atoms with Gasteiger partial charge in [-0.05, 0) is 47.9 Å². The molecule has 0 radical (unpaired) electrons. The molecule has 0 aliphatic heterocycles. The normalized spacial score (nSPS) is 11.1. The van der Waals surface area contributed by atoms with Gasteiger partial charge in [0.2, 0.25) is 5.95 Å². The predicted octanol–water partition coefficient (Wildman–Crippen LogP) is 4.11. The maximum atomic E-state index is 11.2. The number of nitrogens with zero attached hydrogens (tertiary/aromatic N) is 6. The van der Waals surface area contributed by atoms with Crippen LogP contribution in [0, 0.1) is 0 Å². The average Bonchev–Trinajstić information content (AvgIpc) is 3.55. The summed E-state index contributed by atoms with van der Waals surface area (Å²) in [6.07, 6.45) is 7.50. The maximum Gasteiger partial charge on any atom is 0.338 e. The van der Waals surface area contributed by atoms with E-state index in [0.29, 0.717) is 12.5 Å². The Balaban J connectivity index is 1.38. The molecule has 0 atom stereocenters. The number of carboxylic acid groups (broad SMARTS) is 1. The number of carboxylic acids is 1. The lowest BCUT2D eigenvalue weighted by atomic mass is 10.1. The van der Waals surface area contributed by atoms with E-state index >= 15 is 0 Å². The summed E-state index contributed by atoms with van der Waals surface area (Å²) in [6, 6.07) is 18.0. The van der Waals surface area contributed by atoms with Crippen molar-refractivity contribution in [2.75, 3.05) is 18.6 Å². The van der Waals surface area contributed by atoms with Gasteiger partial charge in [0, 0.05) is 44.1 Å². The first-order valence-electron chi connectivity index (χ1n) is 11.5. The Morgan fingerprint density at radius 1 is 1.03 bits per heavy atom. The molecule has 0 fully saturated rings. The Hall–Kier alpha value is -4.66. The molecule has 0 saturated heterocycles. The molecule has 5 rings (SSSR count). The molecule has 36 heavy (non-hydrogen) atoms. The molecular formula is C27H26N6O3. The first-order chi connectivity index (χ1) is 17.5. The van der Waals surface area contributed by atoms with E-state index in [1.807, 2.05) is 66.5 Å². The number of aryl methyl sites for hydroxylation is 1. The first kappa shape index (κ1) is 23.1. The second kappa shape index (κ2) is 9.91. The average molecular weight is 483 g/mol. The van der Waals surface area contributed by atoms with Crippen molar-refractivity contribution in [2.45, 2.75) is 13.0 Å². The van der Waals surface area contributed by atoms with Crippen LogP contribution in [0.5, 0.6) is 5.75 Å². The van der Waals surface area contributed by atoms with Crippen molar-refractivity contribution in [3.8, 4) is 11.4 Å². The molecule has 0 aliphatic carbocycles. The quantitative estimate of drug-likeness (QED) is 0.338. The summed E-state index contributed by atoms with van der Waals surface area (Å²) in [5.41, 5.74) is 4.10. The molecule has 1 N–H and O–H groups in total. The number of ether oxygens (including phenoxy) is 1. The molecular weight excluding hydrogens is 456 g/mol. The summed E-state index contributed by atoms with van der Waals surface area (Å²) in [5.74, 6) is 0.501. The van der Waals surface area contributed by atoms with Crippen molar-refractivity contribution in [1.82, 2.24) is 24.3 Å². The van der Waals surface area contributed by atoms with Gasteiger partial charge in [0.25, 0.3) is 0 Å². The maximum absolute atomic E-state index is 11.2. The third-order valence-corrected chi connectivity index (χ3v) is 6.11. The van der Waals surface area contributed by atoms with Crippen LogP contribution in [0.25, 0.3) is 16.7 Å². The lowest BCUT2D eigenvalue weighted by Crippen LogP contribution is -2.27. The third-order valence-electron chi connectivity index (χ3n) is 6.11. The molecule has 0 aliphatic rings. The van der Waals surface area contributed by atoms with Crippen LogP contribution in [0.15, 0.2) is 79.4 Å². The minimum Gasteiger partial charge on any atom is -0.497 e. The summed E-state index contributed by atoms with van der Waals surface area (Å²) in [7, 11) is 3.64. The van der Waals surface area contributed by atoms with Crippen molar-refractivity contribution >= 4 is 23.0 Å². The van der Waals surface area contributed by atoms with Crippen LogP contribution < -0.4 is 9.64 Å². The fraction of sp³-hybridized carbons (Fsp3) is 0.185. The highest BCUT2D eigenvalue weighted by Crippen LogP contribution is 2.20. The second-order valence-electron chi connectivity index (χ2n) is 8.54. The lowest BCUT2D eigenvalue weighted by Gasteiger charge is -2.23. The number of fused-ring (bicyclic) bond motifs is 1. The topological polar surface area (TPSA) is 98.3 Å². The van der Waals surface area contributed by atoms with E-state index in [4.69, 9.17) is 14.8 Å². The van der Waals surface area contributed by atoms with Gasteiger partial charge in [0.05, 0.1) is 24.6 Å². The highest BCUT2D eigenvalue weighted by molar-refractivity contribution is 5.87. The van der Waals surface area contributed by atoms with Crippen molar-refractivity contribution in [3.05, 3.63) is 96.1 Å². The molecule has 182 valence electrons. The highest BCUT2D eigenvalue weighted by atomic mass is 16.5. The summed E-state index contributed by atoms with van der Waals surface area (Å²) < 4.78 is 8.82. The number of methoxy groups -OCH3 is 1. The highest BCUT2D eigenvalue weighted by Gasteiger charge is 2.14. The van der Waals surface area contributed by atoms with E-state index in [1.165, 1.54) is 18.0 Å². The third kappa shape index (κ3) is 4.90. The zero-order chi connectivity index (χ0) is 25.1. The summed E-state index contributed by atoms with van der Waals surface area (Å²) >= 11 is 0. The Kier molecular flexibility index (Phi) is 6.36. The van der Waals surface area contributed by atoms with Crippen molar-refractivity contribution < 1.29 is 14.6 Å². The van der Waals surface area contributed by atoms with Crippen LogP contribution in [0.4, 0.5) is 5.95 Å². The Morgan fingerprint density at radius 3 is 2.47 bits per heavy atom. The lowest BCUT2D eigenvalue weighted by molar-refractivity contribution is 0.0697. The smallest absolute Gasteiger partial charge is 0.338 e. The number of carbonyl (C=O) groups is 1. The number of hydrogen-bond donors (Lipinski definition) is 1. The van der Waals surface area contributed by atoms with Gasteiger partial charge in [-0.15, -0.1) is 0 Å². The first-order valence-corrected chi connectivity index (χ1v) is 11.5. The number of aromatic nitrogens is 5. The zero-order valence-electron chi connectivity index (χ0n) is 20.1. The van der Waals surface area contributed by atoms with Crippen molar-refractivity contribution in [1.29, 1.82) is 0 Å². The van der Waals surface area contributed by atoms with E-state index in [0.717, 1.165) is 41.0 Å². The standard InChI is InChI=1S/C27H26N6O3/c1-31-13-12-21-15-28-27(30-25(21)31)32(14-11-19-5-9-24(36-2)10-6-19)17-20-3-7-23(8-4-20)33-18-22(16-29-33)26(34)35/h3-10,12-13,15-16,18H,11,14,17H2,1-2H3,(H,34,35). The monoisotopic (exact) mass is 482 g/mol.